The molecule has 0 aliphatic rings. The zero-order valence-electron chi connectivity index (χ0n) is 19.7. The van der Waals surface area contributed by atoms with E-state index in [4.69, 9.17) is 18.9 Å². The number of hydrogen-bond acceptors (Lipinski definition) is 7. The van der Waals surface area contributed by atoms with Crippen molar-refractivity contribution in [3.63, 3.8) is 0 Å². The summed E-state index contributed by atoms with van der Waals surface area (Å²) in [5.41, 5.74) is 1.62. The molecule has 2 unspecified atom stereocenters. The summed E-state index contributed by atoms with van der Waals surface area (Å²) in [6.45, 7) is 4.62. The summed E-state index contributed by atoms with van der Waals surface area (Å²) in [6, 6.07) is 17.3. The highest BCUT2D eigenvalue weighted by molar-refractivity contribution is 5.82. The molecule has 2 atom stereocenters. The van der Waals surface area contributed by atoms with Crippen LogP contribution in [0.15, 0.2) is 60.7 Å². The molecule has 0 bridgehead atoms. The Labute approximate surface area is 200 Å². The van der Waals surface area contributed by atoms with Crippen molar-refractivity contribution in [3.05, 3.63) is 71.8 Å². The average Bonchev–Trinajstić information content (AvgIpc) is 2.87. The summed E-state index contributed by atoms with van der Waals surface area (Å²) in [5, 5.41) is 2.50. The summed E-state index contributed by atoms with van der Waals surface area (Å²) in [5.74, 6) is -1.15. The van der Waals surface area contributed by atoms with Crippen LogP contribution in [0.3, 0.4) is 0 Å². The van der Waals surface area contributed by atoms with Crippen LogP contribution in [-0.2, 0) is 41.8 Å². The number of rotatable bonds is 14. The van der Waals surface area contributed by atoms with Crippen molar-refractivity contribution in [2.75, 3.05) is 13.2 Å². The molecule has 0 saturated heterocycles. The molecule has 0 saturated carbocycles. The first-order chi connectivity index (χ1) is 16.5. The monoisotopic (exact) mass is 471 g/mol. The van der Waals surface area contributed by atoms with Crippen LogP contribution in [-0.4, -0.2) is 43.4 Å². The molecule has 2 aromatic carbocycles. The van der Waals surface area contributed by atoms with E-state index in [0.717, 1.165) is 17.5 Å². The van der Waals surface area contributed by atoms with Gasteiger partial charge >= 0.3 is 18.0 Å². The third-order valence-corrected chi connectivity index (χ3v) is 4.74. The number of hydrogen-bond donors (Lipinski definition) is 1. The Hall–Kier alpha value is -3.39. The van der Waals surface area contributed by atoms with Gasteiger partial charge in [0.1, 0.15) is 25.9 Å². The number of ether oxygens (including phenoxy) is 4. The standard InChI is InChI=1S/C26H33NO7/c1-3-16-31-20(2)17-32-24(28)15-14-23(25(29)33-18-21-10-6-4-7-11-21)27-26(30)34-19-22-12-8-5-9-13-22/h4-13,20,23H,3,14-19H2,1-2H3,(H,27,30). The molecule has 8 nitrogen and oxygen atoms in total. The molecular weight excluding hydrogens is 438 g/mol. The minimum atomic E-state index is -1.06. The molecule has 0 heterocycles. The van der Waals surface area contributed by atoms with E-state index in [0.29, 0.717) is 6.61 Å². The van der Waals surface area contributed by atoms with Gasteiger partial charge in [0.05, 0.1) is 6.10 Å². The molecule has 2 rings (SSSR count). The van der Waals surface area contributed by atoms with E-state index in [9.17, 15) is 14.4 Å². The number of esters is 2. The lowest BCUT2D eigenvalue weighted by molar-refractivity contribution is -0.150. The van der Waals surface area contributed by atoms with E-state index in [1.54, 1.807) is 0 Å². The fraction of sp³-hybridized carbons (Fsp3) is 0.423. The third-order valence-electron chi connectivity index (χ3n) is 4.74. The number of carbonyl (C=O) groups excluding carboxylic acids is 3. The third kappa shape index (κ3) is 11.0. The van der Waals surface area contributed by atoms with Gasteiger partial charge in [-0.2, -0.15) is 0 Å². The second-order valence-corrected chi connectivity index (χ2v) is 7.76. The van der Waals surface area contributed by atoms with Gasteiger partial charge in [-0.25, -0.2) is 9.59 Å². The molecule has 1 amide bonds. The summed E-state index contributed by atoms with van der Waals surface area (Å²) in [4.78, 5) is 37.1. The highest BCUT2D eigenvalue weighted by Crippen LogP contribution is 2.08. The molecule has 0 fully saturated rings. The lowest BCUT2D eigenvalue weighted by Gasteiger charge is -2.18. The van der Waals surface area contributed by atoms with Gasteiger partial charge in [0.2, 0.25) is 0 Å². The Bertz CT molecular complexity index is 873. The summed E-state index contributed by atoms with van der Waals surface area (Å²) in [7, 11) is 0. The molecule has 0 radical (unpaired) electrons. The Morgan fingerprint density at radius 2 is 1.44 bits per heavy atom. The molecule has 0 spiro atoms. The molecule has 0 aromatic heterocycles. The van der Waals surface area contributed by atoms with Crippen molar-refractivity contribution in [3.8, 4) is 0 Å². The normalized spacial score (nSPS) is 12.3. The van der Waals surface area contributed by atoms with Gasteiger partial charge in [0, 0.05) is 13.0 Å². The van der Waals surface area contributed by atoms with Crippen molar-refractivity contribution in [1.29, 1.82) is 0 Å². The summed E-state index contributed by atoms with van der Waals surface area (Å²) in [6.07, 6.45) is -0.194. The van der Waals surface area contributed by atoms with Gasteiger partial charge in [0.25, 0.3) is 0 Å². The van der Waals surface area contributed by atoms with Crippen molar-refractivity contribution in [2.45, 2.75) is 58.5 Å². The molecular formula is C26H33NO7. The van der Waals surface area contributed by atoms with Crippen LogP contribution in [0.5, 0.6) is 0 Å². The van der Waals surface area contributed by atoms with E-state index in [2.05, 4.69) is 5.32 Å². The number of nitrogens with one attached hydrogen (secondary N) is 1. The number of benzene rings is 2. The van der Waals surface area contributed by atoms with Gasteiger partial charge in [-0.05, 0) is 30.9 Å². The lowest BCUT2D eigenvalue weighted by atomic mass is 10.1. The molecule has 1 N–H and O–H groups in total. The highest BCUT2D eigenvalue weighted by atomic mass is 16.6. The topological polar surface area (TPSA) is 100 Å². The Kier molecular flexibility index (Phi) is 12.2. The molecule has 0 aliphatic carbocycles. The zero-order valence-corrected chi connectivity index (χ0v) is 19.7. The van der Waals surface area contributed by atoms with E-state index in [-0.39, 0.29) is 38.8 Å². The van der Waals surface area contributed by atoms with E-state index in [1.165, 1.54) is 0 Å². The van der Waals surface area contributed by atoms with Gasteiger partial charge < -0.3 is 24.3 Å². The Balaban J connectivity index is 1.87. The maximum absolute atomic E-state index is 12.7. The van der Waals surface area contributed by atoms with Gasteiger partial charge in [-0.15, -0.1) is 0 Å². The SMILES string of the molecule is CCCOC(C)COC(=O)CCC(NC(=O)OCc1ccccc1)C(=O)OCc1ccccc1. The van der Waals surface area contributed by atoms with Crippen LogP contribution in [0.25, 0.3) is 0 Å². The minimum absolute atomic E-state index is 0.0110. The number of amides is 1. The van der Waals surface area contributed by atoms with Crippen LogP contribution in [0.2, 0.25) is 0 Å². The number of carbonyl (C=O) groups is 3. The minimum Gasteiger partial charge on any atom is -0.463 e. The first-order valence-electron chi connectivity index (χ1n) is 11.4. The van der Waals surface area contributed by atoms with Crippen molar-refractivity contribution < 1.29 is 33.3 Å². The molecule has 34 heavy (non-hydrogen) atoms. The van der Waals surface area contributed by atoms with E-state index < -0.39 is 24.1 Å². The second-order valence-electron chi connectivity index (χ2n) is 7.76. The largest absolute Gasteiger partial charge is 0.463 e. The van der Waals surface area contributed by atoms with Gasteiger partial charge in [0.15, 0.2) is 0 Å². The van der Waals surface area contributed by atoms with E-state index in [1.807, 2.05) is 74.5 Å². The highest BCUT2D eigenvalue weighted by Gasteiger charge is 2.25. The van der Waals surface area contributed by atoms with Crippen molar-refractivity contribution in [2.24, 2.45) is 0 Å². The smallest absolute Gasteiger partial charge is 0.408 e. The van der Waals surface area contributed by atoms with Crippen LogP contribution in [0.1, 0.15) is 44.2 Å². The molecule has 0 aliphatic heterocycles. The summed E-state index contributed by atoms with van der Waals surface area (Å²) >= 11 is 0. The van der Waals surface area contributed by atoms with Crippen LogP contribution < -0.4 is 5.32 Å². The van der Waals surface area contributed by atoms with Crippen LogP contribution in [0, 0.1) is 0 Å². The fourth-order valence-electron chi connectivity index (χ4n) is 2.90. The van der Waals surface area contributed by atoms with Gasteiger partial charge in [-0.3, -0.25) is 4.79 Å². The average molecular weight is 472 g/mol. The van der Waals surface area contributed by atoms with Crippen LogP contribution in [0.4, 0.5) is 4.79 Å². The van der Waals surface area contributed by atoms with E-state index >= 15 is 0 Å². The predicted molar refractivity (Wildman–Crippen MR) is 126 cm³/mol. The van der Waals surface area contributed by atoms with Gasteiger partial charge in [-0.1, -0.05) is 67.6 Å². The predicted octanol–water partition coefficient (Wildman–Crippen LogP) is 4.16. The quantitative estimate of drug-likeness (QED) is 0.326. The first kappa shape index (κ1) is 26.9. The Morgan fingerprint density at radius 3 is 2.03 bits per heavy atom. The van der Waals surface area contributed by atoms with Crippen molar-refractivity contribution >= 4 is 18.0 Å². The zero-order chi connectivity index (χ0) is 24.6. The molecule has 2 aromatic rings. The lowest BCUT2D eigenvalue weighted by Crippen LogP contribution is -2.42. The Morgan fingerprint density at radius 1 is 0.853 bits per heavy atom. The maximum atomic E-state index is 12.7. The maximum Gasteiger partial charge on any atom is 0.408 e. The second kappa shape index (κ2) is 15.4. The molecule has 184 valence electrons. The van der Waals surface area contributed by atoms with Crippen molar-refractivity contribution in [1.82, 2.24) is 5.32 Å². The first-order valence-corrected chi connectivity index (χ1v) is 11.4. The van der Waals surface area contributed by atoms with Crippen LogP contribution >= 0.6 is 0 Å². The molecule has 8 heteroatoms. The number of alkyl carbamates (subject to hydrolysis) is 1. The fourth-order valence-corrected chi connectivity index (χ4v) is 2.90. The summed E-state index contributed by atoms with van der Waals surface area (Å²) < 4.78 is 21.2.